The van der Waals surface area contributed by atoms with E-state index in [2.05, 4.69) is 0 Å². The summed E-state index contributed by atoms with van der Waals surface area (Å²) in [6.07, 6.45) is 0. The first kappa shape index (κ1) is 8.43. The average Bonchev–Trinajstić information content (AvgIpc) is 2.03. The van der Waals surface area contributed by atoms with Crippen molar-refractivity contribution in [1.29, 1.82) is 5.26 Å². The first-order valence-electron chi connectivity index (χ1n) is 3.04. The van der Waals surface area contributed by atoms with Crippen molar-refractivity contribution in [2.75, 3.05) is 5.43 Å². The topological polar surface area (TPSA) is 61.8 Å². The molecule has 0 spiro atoms. The molecule has 0 unspecified atom stereocenters. The van der Waals surface area contributed by atoms with Crippen molar-refractivity contribution in [2.24, 2.45) is 5.84 Å². The number of nitrogen functional groups attached to an aromatic ring is 1. The molecule has 5 heteroatoms. The third-order valence-corrected chi connectivity index (χ3v) is 1.32. The third kappa shape index (κ3) is 1.33. The number of nitrogens with one attached hydrogen (secondary N) is 1. The predicted octanol–water partition coefficient (Wildman–Crippen LogP) is 1.12. The number of hydrogen-bond acceptors (Lipinski definition) is 3. The van der Waals surface area contributed by atoms with Crippen LogP contribution < -0.4 is 11.3 Å². The van der Waals surface area contributed by atoms with Crippen LogP contribution in [0.2, 0.25) is 0 Å². The summed E-state index contributed by atoms with van der Waals surface area (Å²) in [6, 6.07) is 3.41. The molecular weight excluding hydrogens is 164 g/mol. The molecule has 3 N–H and O–H groups in total. The van der Waals surface area contributed by atoms with E-state index in [9.17, 15) is 8.78 Å². The van der Waals surface area contributed by atoms with E-state index >= 15 is 0 Å². The van der Waals surface area contributed by atoms with Gasteiger partial charge in [0.2, 0.25) is 0 Å². The molecule has 0 aliphatic carbocycles. The van der Waals surface area contributed by atoms with Gasteiger partial charge in [-0.2, -0.15) is 5.26 Å². The van der Waals surface area contributed by atoms with Gasteiger partial charge in [0, 0.05) is 0 Å². The van der Waals surface area contributed by atoms with Crippen LogP contribution in [0.3, 0.4) is 0 Å². The first-order chi connectivity index (χ1) is 5.69. The van der Waals surface area contributed by atoms with E-state index in [0.717, 1.165) is 12.1 Å². The Morgan fingerprint density at radius 3 is 2.17 bits per heavy atom. The van der Waals surface area contributed by atoms with E-state index in [1.165, 1.54) is 0 Å². The maximum absolute atomic E-state index is 12.8. The fourth-order valence-electron chi connectivity index (χ4n) is 0.776. The zero-order chi connectivity index (χ0) is 9.14. The summed E-state index contributed by atoms with van der Waals surface area (Å²) in [4.78, 5) is 0. The Labute approximate surface area is 67.4 Å². The Balaban J connectivity index is 3.30. The van der Waals surface area contributed by atoms with E-state index < -0.39 is 17.3 Å². The first-order valence-corrected chi connectivity index (χ1v) is 3.04. The lowest BCUT2D eigenvalue weighted by Crippen LogP contribution is -2.10. The number of hydrazine groups is 1. The van der Waals surface area contributed by atoms with Gasteiger partial charge >= 0.3 is 0 Å². The summed E-state index contributed by atoms with van der Waals surface area (Å²) in [5.41, 5.74) is 1.34. The molecule has 1 aromatic rings. The Morgan fingerprint density at radius 1 is 1.33 bits per heavy atom. The molecule has 62 valence electrons. The quantitative estimate of drug-likeness (QED) is 0.489. The lowest BCUT2D eigenvalue weighted by molar-refractivity contribution is 0.588. The van der Waals surface area contributed by atoms with Crippen LogP contribution in [0.5, 0.6) is 0 Å². The molecule has 0 aromatic heterocycles. The van der Waals surface area contributed by atoms with Crippen LogP contribution in [0.1, 0.15) is 5.56 Å². The number of nitrogens with zero attached hydrogens (tertiary/aromatic N) is 1. The van der Waals surface area contributed by atoms with Gasteiger partial charge in [-0.3, -0.25) is 5.84 Å². The Morgan fingerprint density at radius 2 is 1.83 bits per heavy atom. The highest BCUT2D eigenvalue weighted by molar-refractivity contribution is 5.49. The van der Waals surface area contributed by atoms with Crippen LogP contribution in [0.4, 0.5) is 14.5 Å². The van der Waals surface area contributed by atoms with Crippen LogP contribution in [0.15, 0.2) is 12.1 Å². The van der Waals surface area contributed by atoms with Crippen LogP contribution in [0, 0.1) is 23.0 Å². The molecule has 0 fully saturated rings. The van der Waals surface area contributed by atoms with Gasteiger partial charge < -0.3 is 5.43 Å². The van der Waals surface area contributed by atoms with E-state index in [-0.39, 0.29) is 5.56 Å². The Hall–Kier alpha value is -1.67. The van der Waals surface area contributed by atoms with E-state index in [1.807, 2.05) is 5.43 Å². The van der Waals surface area contributed by atoms with Crippen LogP contribution in [-0.4, -0.2) is 0 Å². The van der Waals surface area contributed by atoms with Crippen molar-refractivity contribution < 1.29 is 8.78 Å². The van der Waals surface area contributed by atoms with Gasteiger partial charge in [0.05, 0.1) is 11.6 Å². The predicted molar refractivity (Wildman–Crippen MR) is 38.9 cm³/mol. The number of rotatable bonds is 1. The van der Waals surface area contributed by atoms with Crippen LogP contribution >= 0.6 is 0 Å². The average molecular weight is 169 g/mol. The number of halogens is 2. The monoisotopic (exact) mass is 169 g/mol. The van der Waals surface area contributed by atoms with Gasteiger partial charge in [-0.25, -0.2) is 8.78 Å². The molecule has 1 rings (SSSR count). The molecule has 0 aliphatic rings. The highest BCUT2D eigenvalue weighted by Crippen LogP contribution is 2.18. The standard InChI is InChI=1S/C7H5F2N3/c8-5-1-4(3-10)2-6(9)7(5)12-11/h1-2,12H,11H2. The summed E-state index contributed by atoms with van der Waals surface area (Å²) < 4.78 is 25.5. The second-order valence-corrected chi connectivity index (χ2v) is 2.07. The minimum absolute atomic E-state index is 0.0796. The van der Waals surface area contributed by atoms with E-state index in [4.69, 9.17) is 11.1 Å². The lowest BCUT2D eigenvalue weighted by atomic mass is 10.2. The van der Waals surface area contributed by atoms with Crippen molar-refractivity contribution in [3.05, 3.63) is 29.3 Å². The highest BCUT2D eigenvalue weighted by Gasteiger charge is 2.08. The fourth-order valence-corrected chi connectivity index (χ4v) is 0.776. The van der Waals surface area contributed by atoms with Crippen molar-refractivity contribution in [1.82, 2.24) is 0 Å². The van der Waals surface area contributed by atoms with E-state index in [0.29, 0.717) is 0 Å². The van der Waals surface area contributed by atoms with Gasteiger partial charge in [0.25, 0.3) is 0 Å². The van der Waals surface area contributed by atoms with Crippen molar-refractivity contribution in [3.8, 4) is 6.07 Å². The summed E-state index contributed by atoms with van der Waals surface area (Å²) in [7, 11) is 0. The van der Waals surface area contributed by atoms with Crippen molar-refractivity contribution in [2.45, 2.75) is 0 Å². The van der Waals surface area contributed by atoms with Gasteiger partial charge in [-0.05, 0) is 12.1 Å². The van der Waals surface area contributed by atoms with Crippen LogP contribution in [-0.2, 0) is 0 Å². The largest absolute Gasteiger partial charge is 0.319 e. The summed E-state index contributed by atoms with van der Waals surface area (Å²) in [5.74, 6) is 3.07. The molecular formula is C7H5F2N3. The molecule has 0 radical (unpaired) electrons. The maximum Gasteiger partial charge on any atom is 0.151 e. The minimum atomic E-state index is -0.881. The molecule has 1 aromatic carbocycles. The highest BCUT2D eigenvalue weighted by atomic mass is 19.1. The van der Waals surface area contributed by atoms with Gasteiger partial charge in [-0.1, -0.05) is 0 Å². The molecule has 0 aliphatic heterocycles. The summed E-state index contributed by atoms with van der Waals surface area (Å²) >= 11 is 0. The lowest BCUT2D eigenvalue weighted by Gasteiger charge is -2.02. The second kappa shape index (κ2) is 3.15. The normalized spacial score (nSPS) is 9.17. The fraction of sp³-hybridized carbons (Fsp3) is 0. The molecule has 3 nitrogen and oxygen atoms in total. The number of anilines is 1. The molecule has 0 atom stereocenters. The number of nitrogens with two attached hydrogens (primary N) is 1. The van der Waals surface area contributed by atoms with Gasteiger partial charge in [0.1, 0.15) is 5.69 Å². The number of nitriles is 1. The molecule has 0 saturated heterocycles. The van der Waals surface area contributed by atoms with E-state index in [1.54, 1.807) is 6.07 Å². The van der Waals surface area contributed by atoms with Gasteiger partial charge in [0.15, 0.2) is 11.6 Å². The smallest absolute Gasteiger partial charge is 0.151 e. The molecule has 0 amide bonds. The molecule has 12 heavy (non-hydrogen) atoms. The number of benzene rings is 1. The van der Waals surface area contributed by atoms with Crippen molar-refractivity contribution in [3.63, 3.8) is 0 Å². The summed E-state index contributed by atoms with van der Waals surface area (Å²) in [6.45, 7) is 0. The minimum Gasteiger partial charge on any atom is -0.319 e. The van der Waals surface area contributed by atoms with Crippen LogP contribution in [0.25, 0.3) is 0 Å². The molecule has 0 saturated carbocycles. The maximum atomic E-state index is 12.8. The Bertz CT molecular complexity index is 320. The van der Waals surface area contributed by atoms with Gasteiger partial charge in [-0.15, -0.1) is 0 Å². The zero-order valence-corrected chi connectivity index (χ0v) is 5.94. The summed E-state index contributed by atoms with van der Waals surface area (Å²) in [5, 5.41) is 8.32. The Kier molecular flexibility index (Phi) is 2.21. The molecule has 0 heterocycles. The number of hydrogen-bond donors (Lipinski definition) is 2. The molecule has 0 bridgehead atoms. The zero-order valence-electron chi connectivity index (χ0n) is 5.94. The SMILES string of the molecule is N#Cc1cc(F)c(NN)c(F)c1. The third-order valence-electron chi connectivity index (χ3n) is 1.32. The second-order valence-electron chi connectivity index (χ2n) is 2.07. The van der Waals surface area contributed by atoms with Crippen molar-refractivity contribution >= 4 is 5.69 Å².